The van der Waals surface area contributed by atoms with E-state index < -0.39 is 16.0 Å². The van der Waals surface area contributed by atoms with Crippen molar-refractivity contribution < 1.29 is 22.7 Å². The Bertz CT molecular complexity index is 550. The highest BCUT2D eigenvalue weighted by Crippen LogP contribution is 2.30. The molecule has 0 unspecified atom stereocenters. The van der Waals surface area contributed by atoms with E-state index in [0.717, 1.165) is 11.3 Å². The second-order valence-corrected chi connectivity index (χ2v) is 6.92. The molecule has 0 bridgehead atoms. The number of thiophene rings is 1. The minimum atomic E-state index is -3.53. The Hall–Kier alpha value is -1.12. The first-order valence-electron chi connectivity index (χ1n) is 6.22. The average molecular weight is 321 g/mol. The Labute approximate surface area is 123 Å². The van der Waals surface area contributed by atoms with Crippen LogP contribution in [0.1, 0.15) is 29.1 Å². The van der Waals surface area contributed by atoms with E-state index in [4.69, 9.17) is 9.47 Å². The number of ether oxygens (including phenoxy) is 2. The average Bonchev–Trinajstić information content (AvgIpc) is 2.79. The zero-order chi connectivity index (χ0) is 15.2. The van der Waals surface area contributed by atoms with Gasteiger partial charge in [0.15, 0.2) is 0 Å². The van der Waals surface area contributed by atoms with Gasteiger partial charge in [-0.2, -0.15) is 0 Å². The number of rotatable bonds is 8. The zero-order valence-electron chi connectivity index (χ0n) is 11.8. The van der Waals surface area contributed by atoms with Gasteiger partial charge in [0.2, 0.25) is 10.0 Å². The largest absolute Gasteiger partial charge is 0.462 e. The third-order valence-electron chi connectivity index (χ3n) is 2.43. The van der Waals surface area contributed by atoms with Crippen LogP contribution in [-0.2, 0) is 25.9 Å². The van der Waals surface area contributed by atoms with Crippen molar-refractivity contribution in [2.75, 3.05) is 30.8 Å². The van der Waals surface area contributed by atoms with Gasteiger partial charge in [0, 0.05) is 12.0 Å². The van der Waals surface area contributed by atoms with Gasteiger partial charge in [0.1, 0.15) is 5.00 Å². The molecule has 0 saturated carbocycles. The van der Waals surface area contributed by atoms with Crippen molar-refractivity contribution in [3.05, 3.63) is 16.5 Å². The Morgan fingerprint density at radius 3 is 2.65 bits per heavy atom. The lowest BCUT2D eigenvalue weighted by Gasteiger charge is -2.07. The maximum Gasteiger partial charge on any atom is 0.341 e. The van der Waals surface area contributed by atoms with Crippen LogP contribution in [0.5, 0.6) is 0 Å². The van der Waals surface area contributed by atoms with Crippen LogP contribution < -0.4 is 4.72 Å². The Kier molecular flexibility index (Phi) is 6.44. The van der Waals surface area contributed by atoms with Crippen molar-refractivity contribution in [3.63, 3.8) is 0 Å². The van der Waals surface area contributed by atoms with Crippen LogP contribution >= 0.6 is 11.3 Å². The van der Waals surface area contributed by atoms with Gasteiger partial charge in [-0.25, -0.2) is 13.2 Å². The molecule has 0 aliphatic heterocycles. The molecule has 0 aliphatic carbocycles. The summed E-state index contributed by atoms with van der Waals surface area (Å²) in [6.07, 6.45) is 0.719. The van der Waals surface area contributed by atoms with Crippen molar-refractivity contribution in [3.8, 4) is 0 Å². The van der Waals surface area contributed by atoms with Crippen LogP contribution in [-0.4, -0.2) is 40.5 Å². The minimum absolute atomic E-state index is 0.0933. The van der Waals surface area contributed by atoms with Crippen molar-refractivity contribution in [2.45, 2.75) is 20.3 Å². The fraction of sp³-hybridized carbons (Fsp3) is 0.583. The Balaban J connectivity index is 2.98. The lowest BCUT2D eigenvalue weighted by Crippen LogP contribution is -2.20. The highest BCUT2D eigenvalue weighted by Gasteiger charge is 2.20. The first kappa shape index (κ1) is 16.9. The SMILES string of the molecule is CCOC(=O)c1cc(CC)sc1NS(=O)(=O)CCOC. The smallest absolute Gasteiger partial charge is 0.341 e. The lowest BCUT2D eigenvalue weighted by molar-refractivity contribution is 0.0528. The maximum absolute atomic E-state index is 11.9. The zero-order valence-corrected chi connectivity index (χ0v) is 13.4. The number of sulfonamides is 1. The third kappa shape index (κ3) is 4.77. The van der Waals surface area contributed by atoms with Gasteiger partial charge in [-0.15, -0.1) is 11.3 Å². The standard InChI is InChI=1S/C12H19NO5S2/c1-4-9-8-10(12(14)18-5-2)11(19-9)13-20(15,16)7-6-17-3/h8,13H,4-7H2,1-3H3. The van der Waals surface area contributed by atoms with E-state index in [0.29, 0.717) is 5.00 Å². The molecule has 1 heterocycles. The number of esters is 1. The molecule has 0 fully saturated rings. The normalized spacial score (nSPS) is 11.3. The topological polar surface area (TPSA) is 81.7 Å². The summed E-state index contributed by atoms with van der Waals surface area (Å²) < 4.78 is 35.8. The van der Waals surface area contributed by atoms with Crippen LogP contribution in [0.4, 0.5) is 5.00 Å². The monoisotopic (exact) mass is 321 g/mol. The number of anilines is 1. The molecule has 0 aliphatic rings. The number of methoxy groups -OCH3 is 1. The van der Waals surface area contributed by atoms with Crippen molar-refractivity contribution in [1.29, 1.82) is 0 Å². The van der Waals surface area contributed by atoms with Crippen LogP contribution in [0, 0.1) is 0 Å². The van der Waals surface area contributed by atoms with E-state index in [9.17, 15) is 13.2 Å². The van der Waals surface area contributed by atoms with Gasteiger partial charge in [-0.3, -0.25) is 4.72 Å². The van der Waals surface area contributed by atoms with E-state index in [1.54, 1.807) is 13.0 Å². The minimum Gasteiger partial charge on any atom is -0.462 e. The van der Waals surface area contributed by atoms with Gasteiger partial charge < -0.3 is 9.47 Å². The van der Waals surface area contributed by atoms with E-state index in [-0.39, 0.29) is 24.5 Å². The van der Waals surface area contributed by atoms with Gasteiger partial charge in [-0.1, -0.05) is 6.92 Å². The van der Waals surface area contributed by atoms with E-state index in [1.807, 2.05) is 6.92 Å². The maximum atomic E-state index is 11.9. The van der Waals surface area contributed by atoms with E-state index in [1.165, 1.54) is 18.4 Å². The number of carbonyl (C=O) groups is 1. The molecule has 8 heteroatoms. The second kappa shape index (κ2) is 7.61. The molecule has 0 saturated heterocycles. The molecule has 0 spiro atoms. The molecular formula is C12H19NO5S2. The number of hydrogen-bond acceptors (Lipinski definition) is 6. The molecule has 114 valence electrons. The number of aryl methyl sites for hydroxylation is 1. The summed E-state index contributed by atoms with van der Waals surface area (Å²) in [6, 6.07) is 1.66. The van der Waals surface area contributed by atoms with E-state index in [2.05, 4.69) is 4.72 Å². The van der Waals surface area contributed by atoms with Gasteiger partial charge >= 0.3 is 5.97 Å². The molecular weight excluding hydrogens is 302 g/mol. The Morgan fingerprint density at radius 2 is 2.10 bits per heavy atom. The fourth-order valence-corrected chi connectivity index (χ4v) is 3.70. The van der Waals surface area contributed by atoms with E-state index >= 15 is 0 Å². The molecule has 0 atom stereocenters. The number of carbonyl (C=O) groups excluding carboxylic acids is 1. The van der Waals surface area contributed by atoms with Crippen LogP contribution in [0.3, 0.4) is 0 Å². The van der Waals surface area contributed by atoms with Gasteiger partial charge in [-0.05, 0) is 19.4 Å². The molecule has 1 aromatic rings. The van der Waals surface area contributed by atoms with Crippen LogP contribution in [0.25, 0.3) is 0 Å². The summed E-state index contributed by atoms with van der Waals surface area (Å²) in [5.74, 6) is -0.682. The first-order valence-corrected chi connectivity index (χ1v) is 8.69. The molecule has 0 radical (unpaired) electrons. The third-order valence-corrected chi connectivity index (χ3v) is 4.97. The van der Waals surface area contributed by atoms with Crippen LogP contribution in [0.15, 0.2) is 6.07 Å². The Morgan fingerprint density at radius 1 is 1.40 bits per heavy atom. The van der Waals surface area contributed by atoms with Gasteiger partial charge in [0.05, 0.1) is 24.5 Å². The van der Waals surface area contributed by atoms with Crippen molar-refractivity contribution in [1.82, 2.24) is 0 Å². The highest BCUT2D eigenvalue weighted by atomic mass is 32.2. The summed E-state index contributed by atoms with van der Waals surface area (Å²) in [4.78, 5) is 12.7. The summed E-state index contributed by atoms with van der Waals surface area (Å²) >= 11 is 1.24. The highest BCUT2D eigenvalue weighted by molar-refractivity contribution is 7.92. The number of nitrogens with one attached hydrogen (secondary N) is 1. The first-order chi connectivity index (χ1) is 9.43. The fourth-order valence-electron chi connectivity index (χ4n) is 1.44. The molecule has 20 heavy (non-hydrogen) atoms. The summed E-state index contributed by atoms with van der Waals surface area (Å²) in [5, 5.41) is 0.302. The summed E-state index contributed by atoms with van der Waals surface area (Å²) in [6.45, 7) is 3.97. The molecule has 0 aromatic carbocycles. The van der Waals surface area contributed by atoms with Crippen molar-refractivity contribution >= 4 is 32.3 Å². The number of hydrogen-bond donors (Lipinski definition) is 1. The van der Waals surface area contributed by atoms with Crippen molar-refractivity contribution in [2.24, 2.45) is 0 Å². The predicted octanol–water partition coefficient (Wildman–Crippen LogP) is 1.88. The van der Waals surface area contributed by atoms with Crippen LogP contribution in [0.2, 0.25) is 0 Å². The predicted molar refractivity (Wildman–Crippen MR) is 78.9 cm³/mol. The molecule has 1 aromatic heterocycles. The molecule has 1 N–H and O–H groups in total. The molecule has 1 rings (SSSR count). The van der Waals surface area contributed by atoms with Gasteiger partial charge in [0.25, 0.3) is 0 Å². The summed E-state index contributed by atoms with van der Waals surface area (Å²) in [5.41, 5.74) is 0.259. The summed E-state index contributed by atoms with van der Waals surface area (Å²) in [7, 11) is -2.10. The molecule has 6 nitrogen and oxygen atoms in total. The quantitative estimate of drug-likeness (QED) is 0.739. The lowest BCUT2D eigenvalue weighted by atomic mass is 10.2. The molecule has 0 amide bonds. The second-order valence-electron chi connectivity index (χ2n) is 3.94.